The maximum atomic E-state index is 14.1. The molecule has 30 heavy (non-hydrogen) atoms. The van der Waals surface area contributed by atoms with Gasteiger partial charge in [0.25, 0.3) is 11.8 Å². The Morgan fingerprint density at radius 1 is 1.23 bits per heavy atom. The third kappa shape index (κ3) is 3.78. The van der Waals surface area contributed by atoms with Gasteiger partial charge in [-0.2, -0.15) is 0 Å². The van der Waals surface area contributed by atoms with Gasteiger partial charge in [-0.15, -0.1) is 0 Å². The van der Waals surface area contributed by atoms with Crippen LogP contribution >= 0.6 is 15.9 Å². The predicted molar refractivity (Wildman–Crippen MR) is 113 cm³/mol. The zero-order valence-corrected chi connectivity index (χ0v) is 17.5. The summed E-state index contributed by atoms with van der Waals surface area (Å²) in [7, 11) is 1.43. The lowest BCUT2D eigenvalue weighted by molar-refractivity contribution is -0.120. The lowest BCUT2D eigenvalue weighted by Crippen LogP contribution is -2.38. The SMILES string of the molecule is COc1ccc(F)cc1C(C(=O)Nc1ccccn1)N1Cc2ccc(Br)cc2C1=O. The zero-order chi connectivity index (χ0) is 21.3. The quantitative estimate of drug-likeness (QED) is 0.603. The summed E-state index contributed by atoms with van der Waals surface area (Å²) in [5, 5.41) is 2.72. The van der Waals surface area contributed by atoms with Crippen LogP contribution in [0.2, 0.25) is 0 Å². The number of ether oxygens (including phenoxy) is 1. The van der Waals surface area contributed by atoms with Crippen molar-refractivity contribution in [1.29, 1.82) is 0 Å². The van der Waals surface area contributed by atoms with Crippen molar-refractivity contribution in [2.24, 2.45) is 0 Å². The first-order valence-corrected chi connectivity index (χ1v) is 9.92. The topological polar surface area (TPSA) is 71.5 Å². The highest BCUT2D eigenvalue weighted by atomic mass is 79.9. The van der Waals surface area contributed by atoms with Crippen molar-refractivity contribution >= 4 is 33.6 Å². The van der Waals surface area contributed by atoms with Gasteiger partial charge < -0.3 is 15.0 Å². The van der Waals surface area contributed by atoms with Crippen LogP contribution in [0.4, 0.5) is 10.2 Å². The van der Waals surface area contributed by atoms with E-state index < -0.39 is 17.8 Å². The number of aromatic nitrogens is 1. The Morgan fingerprint density at radius 2 is 2.07 bits per heavy atom. The number of carbonyl (C=O) groups excluding carboxylic acids is 2. The Hall–Kier alpha value is -3.26. The molecule has 2 aromatic carbocycles. The van der Waals surface area contributed by atoms with E-state index in [4.69, 9.17) is 4.74 Å². The second-order valence-electron chi connectivity index (χ2n) is 6.73. The molecule has 2 amide bonds. The van der Waals surface area contributed by atoms with Gasteiger partial charge in [-0.05, 0) is 48.0 Å². The summed E-state index contributed by atoms with van der Waals surface area (Å²) >= 11 is 3.37. The minimum absolute atomic E-state index is 0.210. The molecule has 1 aromatic heterocycles. The monoisotopic (exact) mass is 469 g/mol. The number of hydrogen-bond donors (Lipinski definition) is 1. The molecule has 1 atom stereocenters. The number of rotatable bonds is 5. The molecule has 0 saturated heterocycles. The highest BCUT2D eigenvalue weighted by molar-refractivity contribution is 9.10. The number of benzene rings is 2. The summed E-state index contributed by atoms with van der Waals surface area (Å²) < 4.78 is 20.2. The van der Waals surface area contributed by atoms with Crippen molar-refractivity contribution in [1.82, 2.24) is 9.88 Å². The van der Waals surface area contributed by atoms with E-state index in [1.165, 1.54) is 30.2 Å². The van der Waals surface area contributed by atoms with Crippen LogP contribution in [-0.2, 0) is 11.3 Å². The number of fused-ring (bicyclic) bond motifs is 1. The third-order valence-electron chi connectivity index (χ3n) is 4.87. The van der Waals surface area contributed by atoms with Crippen molar-refractivity contribution in [3.05, 3.63) is 87.8 Å². The Labute approximate surface area is 180 Å². The predicted octanol–water partition coefficient (Wildman–Crippen LogP) is 4.33. The highest BCUT2D eigenvalue weighted by Crippen LogP contribution is 2.37. The van der Waals surface area contributed by atoms with Crippen molar-refractivity contribution in [3.8, 4) is 5.75 Å². The lowest BCUT2D eigenvalue weighted by Gasteiger charge is -2.28. The smallest absolute Gasteiger partial charge is 0.255 e. The van der Waals surface area contributed by atoms with Crippen LogP contribution < -0.4 is 10.1 Å². The summed E-state index contributed by atoms with van der Waals surface area (Å²) in [6, 6.07) is 13.3. The summed E-state index contributed by atoms with van der Waals surface area (Å²) in [5.41, 5.74) is 1.54. The minimum atomic E-state index is -1.11. The normalized spacial score (nSPS) is 13.7. The number of carbonyl (C=O) groups is 2. The van der Waals surface area contributed by atoms with Gasteiger partial charge in [0.05, 0.1) is 7.11 Å². The van der Waals surface area contributed by atoms with Crippen LogP contribution in [0.1, 0.15) is 27.5 Å². The zero-order valence-electron chi connectivity index (χ0n) is 15.9. The van der Waals surface area contributed by atoms with Crippen LogP contribution in [0.3, 0.4) is 0 Å². The van der Waals surface area contributed by atoms with Crippen LogP contribution in [0.15, 0.2) is 65.3 Å². The van der Waals surface area contributed by atoms with Gasteiger partial charge in [-0.3, -0.25) is 9.59 Å². The minimum Gasteiger partial charge on any atom is -0.496 e. The van der Waals surface area contributed by atoms with Crippen LogP contribution in [-0.4, -0.2) is 28.8 Å². The molecular weight excluding hydrogens is 453 g/mol. The van der Waals surface area contributed by atoms with E-state index in [0.717, 1.165) is 10.0 Å². The number of hydrogen-bond acceptors (Lipinski definition) is 4. The van der Waals surface area contributed by atoms with Gasteiger partial charge in [0, 0.05) is 28.3 Å². The third-order valence-corrected chi connectivity index (χ3v) is 5.36. The number of nitrogens with one attached hydrogen (secondary N) is 1. The number of amides is 2. The average Bonchev–Trinajstić information content (AvgIpc) is 3.05. The first kappa shape index (κ1) is 20.0. The van der Waals surface area contributed by atoms with Gasteiger partial charge in [0.2, 0.25) is 0 Å². The molecule has 0 spiro atoms. The molecule has 1 aliphatic rings. The van der Waals surface area contributed by atoms with Gasteiger partial charge in [-0.1, -0.05) is 28.1 Å². The first-order chi connectivity index (χ1) is 14.5. The molecule has 3 aromatic rings. The molecule has 0 aliphatic carbocycles. The Bertz CT molecular complexity index is 1120. The fraction of sp³-hybridized carbons (Fsp3) is 0.136. The van der Waals surface area contributed by atoms with Crippen molar-refractivity contribution in [2.45, 2.75) is 12.6 Å². The van der Waals surface area contributed by atoms with Crippen LogP contribution in [0.25, 0.3) is 0 Å². The summed E-state index contributed by atoms with van der Waals surface area (Å²) in [5.74, 6) is -0.734. The molecule has 0 bridgehead atoms. The van der Waals surface area contributed by atoms with E-state index in [0.29, 0.717) is 17.1 Å². The molecule has 8 heteroatoms. The average molecular weight is 470 g/mol. The first-order valence-electron chi connectivity index (χ1n) is 9.12. The fourth-order valence-corrected chi connectivity index (χ4v) is 3.87. The number of halogens is 2. The summed E-state index contributed by atoms with van der Waals surface area (Å²) in [6.07, 6.45) is 1.54. The maximum absolute atomic E-state index is 14.1. The summed E-state index contributed by atoms with van der Waals surface area (Å²) in [4.78, 5) is 32.0. The molecule has 0 fully saturated rings. The molecule has 0 saturated carbocycles. The Balaban J connectivity index is 1.78. The highest BCUT2D eigenvalue weighted by Gasteiger charge is 2.39. The summed E-state index contributed by atoms with van der Waals surface area (Å²) in [6.45, 7) is 0.210. The molecule has 2 heterocycles. The van der Waals surface area contributed by atoms with E-state index >= 15 is 0 Å². The second kappa shape index (κ2) is 8.23. The Kier molecular flexibility index (Phi) is 5.50. The van der Waals surface area contributed by atoms with E-state index in [1.807, 2.05) is 12.1 Å². The van der Waals surface area contributed by atoms with Gasteiger partial charge in [0.15, 0.2) is 0 Å². The van der Waals surface area contributed by atoms with Crippen LogP contribution in [0, 0.1) is 5.82 Å². The van der Waals surface area contributed by atoms with Crippen molar-refractivity contribution in [2.75, 3.05) is 12.4 Å². The maximum Gasteiger partial charge on any atom is 0.255 e. The Morgan fingerprint density at radius 3 is 2.80 bits per heavy atom. The molecule has 4 rings (SSSR count). The molecule has 1 unspecified atom stereocenters. The van der Waals surface area contributed by atoms with Gasteiger partial charge >= 0.3 is 0 Å². The fourth-order valence-electron chi connectivity index (χ4n) is 3.51. The molecule has 152 valence electrons. The number of pyridine rings is 1. The van der Waals surface area contributed by atoms with Crippen LogP contribution in [0.5, 0.6) is 5.75 Å². The number of anilines is 1. The second-order valence-corrected chi connectivity index (χ2v) is 7.64. The standard InChI is InChI=1S/C22H17BrFN3O3/c1-30-18-8-7-15(24)11-17(18)20(21(28)26-19-4-2-3-9-25-19)27-12-13-5-6-14(23)10-16(13)22(27)29/h2-11,20H,12H2,1H3,(H,25,26,28). The molecule has 1 N–H and O–H groups in total. The molecule has 6 nitrogen and oxygen atoms in total. The van der Waals surface area contributed by atoms with Crippen molar-refractivity contribution in [3.63, 3.8) is 0 Å². The molecule has 1 aliphatic heterocycles. The van der Waals surface area contributed by atoms with E-state index in [2.05, 4.69) is 26.2 Å². The molecule has 0 radical (unpaired) electrons. The van der Waals surface area contributed by atoms with E-state index in [1.54, 1.807) is 30.5 Å². The number of methoxy groups -OCH3 is 1. The van der Waals surface area contributed by atoms with Gasteiger partial charge in [-0.25, -0.2) is 9.37 Å². The largest absolute Gasteiger partial charge is 0.496 e. The lowest BCUT2D eigenvalue weighted by atomic mass is 10.0. The van der Waals surface area contributed by atoms with Gasteiger partial charge in [0.1, 0.15) is 23.4 Å². The van der Waals surface area contributed by atoms with Crippen molar-refractivity contribution < 1.29 is 18.7 Å². The van der Waals surface area contributed by atoms with E-state index in [-0.39, 0.29) is 18.0 Å². The van der Waals surface area contributed by atoms with E-state index in [9.17, 15) is 14.0 Å². The number of nitrogens with zero attached hydrogens (tertiary/aromatic N) is 2. The molecular formula is C22H17BrFN3O3.